The number of benzene rings is 2. The van der Waals surface area contributed by atoms with E-state index >= 15 is 0 Å². The summed E-state index contributed by atoms with van der Waals surface area (Å²) in [6.45, 7) is 0. The summed E-state index contributed by atoms with van der Waals surface area (Å²) >= 11 is 5.65. The lowest BCUT2D eigenvalue weighted by atomic mass is 10.2. The molecule has 0 bridgehead atoms. The van der Waals surface area contributed by atoms with Crippen LogP contribution in [-0.4, -0.2) is 24.0 Å². The number of anilines is 2. The molecule has 0 spiro atoms. The summed E-state index contributed by atoms with van der Waals surface area (Å²) in [6.07, 6.45) is -3.14. The Balaban J connectivity index is 1.60. The Morgan fingerprint density at radius 2 is 1.59 bits per heavy atom. The lowest BCUT2D eigenvalue weighted by Crippen LogP contribution is -2.19. The standard InChI is InChI=1S/C21H16ClF3N4O3/c1-26-19(30)18-11-15(8-9-27-18)32-14-5-2-12(3-6-14)28-20(31)29-13-4-7-16(17(22)10-13)21(23,24)25/h2-11H,1H3,(H,26,30)(H2,28,29,31). The summed E-state index contributed by atoms with van der Waals surface area (Å²) in [5.41, 5.74) is -0.278. The third-order valence-electron chi connectivity index (χ3n) is 4.07. The maximum absolute atomic E-state index is 12.8. The van der Waals surface area contributed by atoms with Gasteiger partial charge in [-0.3, -0.25) is 9.78 Å². The van der Waals surface area contributed by atoms with Crippen molar-refractivity contribution in [3.05, 3.63) is 77.1 Å². The van der Waals surface area contributed by atoms with Gasteiger partial charge in [0.25, 0.3) is 5.91 Å². The molecule has 1 aromatic heterocycles. The maximum Gasteiger partial charge on any atom is 0.417 e. The first-order valence-corrected chi connectivity index (χ1v) is 9.44. The van der Waals surface area contributed by atoms with Gasteiger partial charge in [0.05, 0.1) is 10.6 Å². The van der Waals surface area contributed by atoms with Crippen LogP contribution >= 0.6 is 11.6 Å². The largest absolute Gasteiger partial charge is 0.457 e. The van der Waals surface area contributed by atoms with E-state index in [4.69, 9.17) is 16.3 Å². The van der Waals surface area contributed by atoms with Crippen molar-refractivity contribution in [1.82, 2.24) is 10.3 Å². The molecule has 0 aliphatic rings. The SMILES string of the molecule is CNC(=O)c1cc(Oc2ccc(NC(=O)Nc3ccc(C(F)(F)F)c(Cl)c3)cc2)ccn1. The molecule has 0 unspecified atom stereocenters. The predicted molar refractivity (Wildman–Crippen MR) is 113 cm³/mol. The molecule has 1 heterocycles. The molecule has 0 aliphatic carbocycles. The third-order valence-corrected chi connectivity index (χ3v) is 4.38. The number of carbonyl (C=O) groups excluding carboxylic acids is 2. The number of halogens is 4. The molecule has 0 atom stereocenters. The highest BCUT2D eigenvalue weighted by molar-refractivity contribution is 6.31. The third kappa shape index (κ3) is 5.88. The van der Waals surface area contributed by atoms with Gasteiger partial charge in [0.1, 0.15) is 17.2 Å². The Morgan fingerprint density at radius 3 is 2.22 bits per heavy atom. The van der Waals surface area contributed by atoms with Gasteiger partial charge in [-0.05, 0) is 48.5 Å². The van der Waals surface area contributed by atoms with Crippen LogP contribution in [0.5, 0.6) is 11.5 Å². The Labute approximate surface area is 185 Å². The molecule has 0 fully saturated rings. The number of rotatable bonds is 5. The van der Waals surface area contributed by atoms with Gasteiger partial charge in [-0.15, -0.1) is 0 Å². The fourth-order valence-electron chi connectivity index (χ4n) is 2.59. The minimum Gasteiger partial charge on any atom is -0.457 e. The van der Waals surface area contributed by atoms with Crippen LogP contribution in [0.15, 0.2) is 60.8 Å². The number of alkyl halides is 3. The molecular formula is C21H16ClF3N4O3. The molecule has 11 heteroatoms. The highest BCUT2D eigenvalue weighted by Crippen LogP contribution is 2.35. The summed E-state index contributed by atoms with van der Waals surface area (Å²) in [5.74, 6) is 0.492. The molecule has 2 aromatic carbocycles. The lowest BCUT2D eigenvalue weighted by molar-refractivity contribution is -0.137. The van der Waals surface area contributed by atoms with Gasteiger partial charge in [-0.2, -0.15) is 13.2 Å². The summed E-state index contributed by atoms with van der Waals surface area (Å²) in [4.78, 5) is 27.7. The van der Waals surface area contributed by atoms with E-state index in [1.807, 2.05) is 0 Å². The van der Waals surface area contributed by atoms with Crippen molar-refractivity contribution in [2.24, 2.45) is 0 Å². The van der Waals surface area contributed by atoms with Crippen LogP contribution in [0.3, 0.4) is 0 Å². The van der Waals surface area contributed by atoms with E-state index in [9.17, 15) is 22.8 Å². The van der Waals surface area contributed by atoms with Gasteiger partial charge < -0.3 is 20.7 Å². The number of pyridine rings is 1. The van der Waals surface area contributed by atoms with Crippen molar-refractivity contribution >= 4 is 34.9 Å². The zero-order chi connectivity index (χ0) is 23.3. The van der Waals surface area contributed by atoms with Gasteiger partial charge in [0.15, 0.2) is 0 Å². The molecule has 3 N–H and O–H groups in total. The van der Waals surface area contributed by atoms with Crippen LogP contribution in [-0.2, 0) is 6.18 Å². The number of aromatic nitrogens is 1. The van der Waals surface area contributed by atoms with E-state index in [2.05, 4.69) is 20.9 Å². The summed E-state index contributed by atoms with van der Waals surface area (Å²) < 4.78 is 43.9. The monoisotopic (exact) mass is 464 g/mol. The molecule has 32 heavy (non-hydrogen) atoms. The normalized spacial score (nSPS) is 10.9. The Hall–Kier alpha value is -3.79. The van der Waals surface area contributed by atoms with Crippen LogP contribution in [0.25, 0.3) is 0 Å². The summed E-state index contributed by atoms with van der Waals surface area (Å²) in [5, 5.41) is 6.90. The maximum atomic E-state index is 12.8. The average molecular weight is 465 g/mol. The van der Waals surface area contributed by atoms with Gasteiger partial charge >= 0.3 is 12.2 Å². The Bertz CT molecular complexity index is 1140. The number of amides is 3. The molecule has 7 nitrogen and oxygen atoms in total. The van der Waals surface area contributed by atoms with Crippen LogP contribution in [0.4, 0.5) is 29.3 Å². The van der Waals surface area contributed by atoms with Crippen LogP contribution in [0, 0.1) is 0 Å². The fraction of sp³-hybridized carbons (Fsp3) is 0.0952. The van der Waals surface area contributed by atoms with Crippen molar-refractivity contribution in [3.63, 3.8) is 0 Å². The number of nitrogens with one attached hydrogen (secondary N) is 3. The van der Waals surface area contributed by atoms with Crippen LogP contribution < -0.4 is 20.7 Å². The summed E-state index contributed by atoms with van der Waals surface area (Å²) in [6, 6.07) is 11.6. The number of hydrogen-bond acceptors (Lipinski definition) is 4. The molecule has 0 saturated heterocycles. The molecule has 3 aromatic rings. The first kappa shape index (κ1) is 22.9. The van der Waals surface area contributed by atoms with Crippen LogP contribution in [0.1, 0.15) is 16.1 Å². The van der Waals surface area contributed by atoms with Crippen molar-refractivity contribution in [1.29, 1.82) is 0 Å². The van der Waals surface area contributed by atoms with E-state index in [0.717, 1.165) is 18.2 Å². The van der Waals surface area contributed by atoms with E-state index in [1.165, 1.54) is 19.3 Å². The van der Waals surface area contributed by atoms with Crippen molar-refractivity contribution in [2.45, 2.75) is 6.18 Å². The molecule has 0 aliphatic heterocycles. The van der Waals surface area contributed by atoms with Gasteiger partial charge in [-0.1, -0.05) is 11.6 Å². The number of carbonyl (C=O) groups is 2. The highest BCUT2D eigenvalue weighted by Gasteiger charge is 2.33. The smallest absolute Gasteiger partial charge is 0.417 e. The van der Waals surface area contributed by atoms with E-state index in [1.54, 1.807) is 30.3 Å². The van der Waals surface area contributed by atoms with E-state index in [-0.39, 0.29) is 17.3 Å². The first-order valence-electron chi connectivity index (χ1n) is 9.06. The zero-order valence-electron chi connectivity index (χ0n) is 16.5. The second kappa shape index (κ2) is 9.56. The van der Waals surface area contributed by atoms with Gasteiger partial charge in [0.2, 0.25) is 0 Å². The highest BCUT2D eigenvalue weighted by atomic mass is 35.5. The number of urea groups is 1. The fourth-order valence-corrected chi connectivity index (χ4v) is 2.87. The summed E-state index contributed by atoms with van der Waals surface area (Å²) in [7, 11) is 1.49. The number of ether oxygens (including phenoxy) is 1. The van der Waals surface area contributed by atoms with Crippen molar-refractivity contribution in [2.75, 3.05) is 17.7 Å². The van der Waals surface area contributed by atoms with Crippen molar-refractivity contribution in [3.8, 4) is 11.5 Å². The van der Waals surface area contributed by atoms with Crippen molar-refractivity contribution < 1.29 is 27.5 Å². The second-order valence-corrected chi connectivity index (χ2v) is 6.76. The number of hydrogen-bond donors (Lipinski definition) is 3. The minimum absolute atomic E-state index is 0.102. The van der Waals surface area contributed by atoms with E-state index in [0.29, 0.717) is 17.2 Å². The molecule has 166 valence electrons. The molecule has 0 saturated carbocycles. The van der Waals surface area contributed by atoms with E-state index < -0.39 is 22.8 Å². The minimum atomic E-state index is -4.58. The topological polar surface area (TPSA) is 92.4 Å². The molecule has 3 rings (SSSR count). The average Bonchev–Trinajstić information content (AvgIpc) is 2.74. The van der Waals surface area contributed by atoms with Gasteiger partial charge in [-0.25, -0.2) is 4.79 Å². The quantitative estimate of drug-likeness (QED) is 0.461. The van der Waals surface area contributed by atoms with Gasteiger partial charge in [0, 0.05) is 30.7 Å². The predicted octanol–water partition coefficient (Wildman–Crippen LogP) is 5.55. The Kier molecular flexibility index (Phi) is 6.84. The zero-order valence-corrected chi connectivity index (χ0v) is 17.2. The number of nitrogens with zero attached hydrogens (tertiary/aromatic N) is 1. The lowest BCUT2D eigenvalue weighted by Gasteiger charge is -2.12. The molecule has 0 radical (unpaired) electrons. The van der Waals surface area contributed by atoms with Crippen LogP contribution in [0.2, 0.25) is 5.02 Å². The molecule has 3 amide bonds. The first-order chi connectivity index (χ1) is 15.2. The second-order valence-electron chi connectivity index (χ2n) is 6.35. The Morgan fingerprint density at radius 1 is 0.938 bits per heavy atom. The molecular weight excluding hydrogens is 449 g/mol.